The number of oxazole rings is 1. The number of rotatable bonds is 5. The van der Waals surface area contributed by atoms with Gasteiger partial charge in [-0.25, -0.2) is 4.98 Å². The van der Waals surface area contributed by atoms with E-state index in [1.54, 1.807) is 0 Å². The largest absolute Gasteiger partial charge is 0.436 e. The van der Waals surface area contributed by atoms with Crippen molar-refractivity contribution >= 4 is 11.1 Å². The number of morpholine rings is 1. The third-order valence-corrected chi connectivity index (χ3v) is 5.62. The molecule has 1 saturated heterocycles. The van der Waals surface area contributed by atoms with Crippen LogP contribution >= 0.6 is 0 Å². The average Bonchev–Trinajstić information content (AvgIpc) is 3.24. The van der Waals surface area contributed by atoms with Crippen LogP contribution in [0.15, 0.2) is 34.7 Å². The van der Waals surface area contributed by atoms with E-state index >= 15 is 0 Å². The van der Waals surface area contributed by atoms with Gasteiger partial charge in [-0.3, -0.25) is 4.90 Å². The minimum atomic E-state index is 0.0635. The van der Waals surface area contributed by atoms with E-state index in [1.807, 2.05) is 24.3 Å². The van der Waals surface area contributed by atoms with Crippen LogP contribution in [0.3, 0.4) is 0 Å². The van der Waals surface area contributed by atoms with Gasteiger partial charge in [0.1, 0.15) is 5.52 Å². The zero-order chi connectivity index (χ0) is 19.7. The molecule has 1 aliphatic rings. The van der Waals surface area contributed by atoms with Gasteiger partial charge in [0.05, 0.1) is 18.8 Å². The topological polar surface area (TPSA) is 43.4 Å². The Kier molecular flexibility index (Phi) is 5.30. The quantitative estimate of drug-likeness (QED) is 0.647. The lowest BCUT2D eigenvalue weighted by Crippen LogP contribution is -2.37. The number of benzene rings is 1. The van der Waals surface area contributed by atoms with Crippen molar-refractivity contribution in [2.75, 3.05) is 32.8 Å². The summed E-state index contributed by atoms with van der Waals surface area (Å²) >= 11 is 0. The van der Waals surface area contributed by atoms with Crippen LogP contribution in [0.25, 0.3) is 22.6 Å². The van der Waals surface area contributed by atoms with E-state index in [2.05, 4.69) is 43.2 Å². The molecule has 1 aliphatic heterocycles. The Balaban J connectivity index is 1.61. The number of ether oxygens (including phenoxy) is 1. The van der Waals surface area contributed by atoms with Crippen LogP contribution in [0.2, 0.25) is 0 Å². The maximum Gasteiger partial charge on any atom is 0.229 e. The molecular weight excluding hydrogens is 350 g/mol. The number of nitrogens with zero attached hydrogens (tertiary/aromatic N) is 3. The molecule has 0 saturated carbocycles. The van der Waals surface area contributed by atoms with Crippen molar-refractivity contribution < 1.29 is 9.15 Å². The molecule has 28 heavy (non-hydrogen) atoms. The van der Waals surface area contributed by atoms with E-state index in [4.69, 9.17) is 14.1 Å². The van der Waals surface area contributed by atoms with Crippen LogP contribution in [-0.2, 0) is 16.7 Å². The van der Waals surface area contributed by atoms with Crippen molar-refractivity contribution in [3.63, 3.8) is 0 Å². The minimum absolute atomic E-state index is 0.0635. The predicted molar refractivity (Wildman–Crippen MR) is 113 cm³/mol. The Bertz CT molecular complexity index is 910. The third kappa shape index (κ3) is 3.87. The van der Waals surface area contributed by atoms with E-state index in [1.165, 1.54) is 11.4 Å². The van der Waals surface area contributed by atoms with Crippen LogP contribution < -0.4 is 0 Å². The first-order valence-corrected chi connectivity index (χ1v) is 10.3. The molecule has 2 aromatic heterocycles. The molecule has 3 heterocycles. The second-order valence-corrected chi connectivity index (χ2v) is 8.72. The highest BCUT2D eigenvalue weighted by Crippen LogP contribution is 2.34. The van der Waals surface area contributed by atoms with Crippen molar-refractivity contribution in [2.24, 2.45) is 0 Å². The second kappa shape index (κ2) is 7.72. The Hall–Kier alpha value is -2.11. The van der Waals surface area contributed by atoms with E-state index < -0.39 is 0 Å². The SMILES string of the molecule is Cc1c(-c2nc3ccccc3o2)cc(C(C)(C)C)n1CCCN1CCOCC1. The highest BCUT2D eigenvalue weighted by Gasteiger charge is 2.25. The van der Waals surface area contributed by atoms with Crippen molar-refractivity contribution in [1.29, 1.82) is 0 Å². The predicted octanol–water partition coefficient (Wildman–Crippen LogP) is 4.62. The summed E-state index contributed by atoms with van der Waals surface area (Å²) in [5.74, 6) is 0.719. The van der Waals surface area contributed by atoms with E-state index in [0.717, 1.165) is 68.4 Å². The molecule has 0 N–H and O–H groups in total. The zero-order valence-corrected chi connectivity index (χ0v) is 17.5. The van der Waals surface area contributed by atoms with Gasteiger partial charge in [-0.05, 0) is 31.5 Å². The van der Waals surface area contributed by atoms with Gasteiger partial charge in [0, 0.05) is 43.0 Å². The third-order valence-electron chi connectivity index (χ3n) is 5.62. The van der Waals surface area contributed by atoms with Gasteiger partial charge < -0.3 is 13.7 Å². The Morgan fingerprint density at radius 1 is 1.07 bits per heavy atom. The number of hydrogen-bond acceptors (Lipinski definition) is 4. The average molecular weight is 382 g/mol. The summed E-state index contributed by atoms with van der Waals surface area (Å²) in [5.41, 5.74) is 5.49. The summed E-state index contributed by atoms with van der Waals surface area (Å²) in [7, 11) is 0. The lowest BCUT2D eigenvalue weighted by atomic mass is 9.92. The van der Waals surface area contributed by atoms with Gasteiger partial charge in [-0.1, -0.05) is 32.9 Å². The lowest BCUT2D eigenvalue weighted by molar-refractivity contribution is 0.0369. The molecule has 1 fully saturated rings. The molecule has 1 aromatic carbocycles. The summed E-state index contributed by atoms with van der Waals surface area (Å²) < 4.78 is 14.0. The Morgan fingerprint density at radius 2 is 1.82 bits per heavy atom. The number of fused-ring (bicyclic) bond motifs is 1. The van der Waals surface area contributed by atoms with Crippen molar-refractivity contribution in [3.8, 4) is 11.5 Å². The van der Waals surface area contributed by atoms with E-state index in [0.29, 0.717) is 0 Å². The fourth-order valence-corrected chi connectivity index (χ4v) is 4.04. The minimum Gasteiger partial charge on any atom is -0.436 e. The van der Waals surface area contributed by atoms with Crippen LogP contribution in [0.5, 0.6) is 0 Å². The van der Waals surface area contributed by atoms with Gasteiger partial charge in [0.2, 0.25) is 5.89 Å². The first-order chi connectivity index (χ1) is 13.4. The van der Waals surface area contributed by atoms with Gasteiger partial charge in [0.15, 0.2) is 5.58 Å². The molecule has 3 aromatic rings. The maximum absolute atomic E-state index is 6.07. The van der Waals surface area contributed by atoms with Gasteiger partial charge in [0.25, 0.3) is 0 Å². The molecule has 150 valence electrons. The maximum atomic E-state index is 6.07. The summed E-state index contributed by atoms with van der Waals surface area (Å²) in [6.45, 7) is 14.9. The molecule has 0 bridgehead atoms. The number of para-hydroxylation sites is 2. The van der Waals surface area contributed by atoms with Gasteiger partial charge in [-0.2, -0.15) is 0 Å². The zero-order valence-electron chi connectivity index (χ0n) is 17.5. The number of hydrogen-bond donors (Lipinski definition) is 0. The molecule has 4 rings (SSSR count). The van der Waals surface area contributed by atoms with Crippen LogP contribution in [0.1, 0.15) is 38.6 Å². The summed E-state index contributed by atoms with van der Waals surface area (Å²) in [6.07, 6.45) is 1.13. The van der Waals surface area contributed by atoms with Crippen LogP contribution in [-0.4, -0.2) is 47.3 Å². The van der Waals surface area contributed by atoms with Gasteiger partial charge in [-0.15, -0.1) is 0 Å². The fourth-order valence-electron chi connectivity index (χ4n) is 4.04. The number of aromatic nitrogens is 2. The molecule has 0 atom stereocenters. The van der Waals surface area contributed by atoms with E-state index in [9.17, 15) is 0 Å². The standard InChI is InChI=1S/C23H31N3O2/c1-17-18(22-24-19-8-5-6-9-20(19)28-22)16-21(23(2,3)4)26(17)11-7-10-25-12-14-27-15-13-25/h5-6,8-9,16H,7,10-15H2,1-4H3. The summed E-state index contributed by atoms with van der Waals surface area (Å²) in [6, 6.07) is 10.2. The summed E-state index contributed by atoms with van der Waals surface area (Å²) in [4.78, 5) is 7.23. The molecular formula is C23H31N3O2. The second-order valence-electron chi connectivity index (χ2n) is 8.72. The van der Waals surface area contributed by atoms with Crippen LogP contribution in [0, 0.1) is 6.92 Å². The summed E-state index contributed by atoms with van der Waals surface area (Å²) in [5, 5.41) is 0. The molecule has 5 heteroatoms. The highest BCUT2D eigenvalue weighted by molar-refractivity contribution is 5.76. The van der Waals surface area contributed by atoms with Crippen molar-refractivity contribution in [2.45, 2.75) is 46.1 Å². The molecule has 0 radical (unpaired) electrons. The first kappa shape index (κ1) is 19.2. The van der Waals surface area contributed by atoms with Gasteiger partial charge >= 0.3 is 0 Å². The molecule has 0 aliphatic carbocycles. The Morgan fingerprint density at radius 3 is 2.54 bits per heavy atom. The highest BCUT2D eigenvalue weighted by atomic mass is 16.5. The van der Waals surface area contributed by atoms with Crippen molar-refractivity contribution in [3.05, 3.63) is 41.7 Å². The fraction of sp³-hybridized carbons (Fsp3) is 0.522. The van der Waals surface area contributed by atoms with Crippen LogP contribution in [0.4, 0.5) is 0 Å². The smallest absolute Gasteiger partial charge is 0.229 e. The molecule has 0 amide bonds. The Labute approximate surface area is 167 Å². The molecule has 0 spiro atoms. The normalized spacial score (nSPS) is 16.1. The molecule has 0 unspecified atom stereocenters. The first-order valence-electron chi connectivity index (χ1n) is 10.3. The van der Waals surface area contributed by atoms with Crippen molar-refractivity contribution in [1.82, 2.24) is 14.5 Å². The molecule has 5 nitrogen and oxygen atoms in total. The monoisotopic (exact) mass is 381 g/mol. The lowest BCUT2D eigenvalue weighted by Gasteiger charge is -2.27. The van der Waals surface area contributed by atoms with E-state index in [-0.39, 0.29) is 5.41 Å².